The number of guanidine groups is 1. The van der Waals surface area contributed by atoms with Crippen molar-refractivity contribution in [1.29, 1.82) is 0 Å². The number of nitrogens with zero attached hydrogens (tertiary/aromatic N) is 1. The summed E-state index contributed by atoms with van der Waals surface area (Å²) in [5, 5.41) is 3.15. The van der Waals surface area contributed by atoms with Crippen molar-refractivity contribution in [1.82, 2.24) is 5.43 Å². The maximum atomic E-state index is 5.37. The molecule has 4 N–H and O–H groups in total. The molecule has 0 radical (unpaired) electrons. The highest BCUT2D eigenvalue weighted by Gasteiger charge is 1.99. The molecule has 0 aliphatic heterocycles. The van der Waals surface area contributed by atoms with Gasteiger partial charge in [0.15, 0.2) is 0 Å². The zero-order valence-corrected chi connectivity index (χ0v) is 9.25. The van der Waals surface area contributed by atoms with Gasteiger partial charge in [-0.1, -0.05) is 25.1 Å². The smallest absolute Gasteiger partial charge is 0.210 e. The van der Waals surface area contributed by atoms with Crippen molar-refractivity contribution >= 4 is 11.6 Å². The van der Waals surface area contributed by atoms with Crippen molar-refractivity contribution in [2.24, 2.45) is 10.8 Å². The Hall–Kier alpha value is -1.55. The first-order valence-electron chi connectivity index (χ1n) is 5.11. The van der Waals surface area contributed by atoms with Crippen LogP contribution >= 0.6 is 0 Å². The highest BCUT2D eigenvalue weighted by atomic mass is 15.3. The van der Waals surface area contributed by atoms with Crippen LogP contribution in [0.5, 0.6) is 0 Å². The van der Waals surface area contributed by atoms with Gasteiger partial charge >= 0.3 is 0 Å². The second-order valence-electron chi connectivity index (χ2n) is 3.31. The topological polar surface area (TPSA) is 62.4 Å². The van der Waals surface area contributed by atoms with Crippen molar-refractivity contribution in [2.45, 2.75) is 20.3 Å². The zero-order chi connectivity index (χ0) is 11.1. The first-order chi connectivity index (χ1) is 7.27. The van der Waals surface area contributed by atoms with Crippen LogP contribution in [0.3, 0.4) is 0 Å². The summed E-state index contributed by atoms with van der Waals surface area (Å²) in [5.74, 6) is 5.97. The molecule has 15 heavy (non-hydrogen) atoms. The molecule has 0 spiro atoms. The fraction of sp³-hybridized carbons (Fsp3) is 0.364. The Kier molecular flexibility index (Phi) is 4.63. The van der Waals surface area contributed by atoms with Gasteiger partial charge < -0.3 is 5.32 Å². The first-order valence-corrected chi connectivity index (χ1v) is 5.11. The minimum absolute atomic E-state index is 0.603. The van der Waals surface area contributed by atoms with Gasteiger partial charge in [0.1, 0.15) is 0 Å². The van der Waals surface area contributed by atoms with Crippen LogP contribution in [-0.2, 0) is 0 Å². The number of nitrogens with two attached hydrogens (primary N) is 1. The first kappa shape index (κ1) is 11.5. The van der Waals surface area contributed by atoms with Crippen molar-refractivity contribution in [3.8, 4) is 0 Å². The van der Waals surface area contributed by atoms with Crippen LogP contribution in [0.2, 0.25) is 0 Å². The molecule has 0 saturated carbocycles. The molecule has 0 atom stereocenters. The average Bonchev–Trinajstić information content (AvgIpc) is 2.26. The lowest BCUT2D eigenvalue weighted by molar-refractivity contribution is 0.905. The van der Waals surface area contributed by atoms with Crippen LogP contribution in [0.1, 0.15) is 18.9 Å². The van der Waals surface area contributed by atoms with E-state index in [0.717, 1.165) is 24.2 Å². The van der Waals surface area contributed by atoms with Gasteiger partial charge in [-0.2, -0.15) is 0 Å². The minimum atomic E-state index is 0.603. The summed E-state index contributed by atoms with van der Waals surface area (Å²) in [6, 6.07) is 8.01. The largest absolute Gasteiger partial charge is 0.325 e. The third kappa shape index (κ3) is 3.59. The van der Waals surface area contributed by atoms with E-state index < -0.39 is 0 Å². The molecule has 1 aromatic carbocycles. The van der Waals surface area contributed by atoms with Gasteiger partial charge in [0.05, 0.1) is 0 Å². The number of hydrogen-bond acceptors (Lipinski definition) is 2. The third-order valence-corrected chi connectivity index (χ3v) is 2.03. The summed E-state index contributed by atoms with van der Waals surface area (Å²) < 4.78 is 0. The molecule has 0 fully saturated rings. The van der Waals surface area contributed by atoms with Crippen molar-refractivity contribution in [3.63, 3.8) is 0 Å². The number of anilines is 1. The lowest BCUT2D eigenvalue weighted by atomic mass is 10.2. The average molecular weight is 206 g/mol. The molecule has 1 rings (SSSR count). The van der Waals surface area contributed by atoms with E-state index >= 15 is 0 Å². The van der Waals surface area contributed by atoms with E-state index in [2.05, 4.69) is 22.7 Å². The number of aliphatic imine (C=N–C) groups is 1. The molecule has 4 heteroatoms. The van der Waals surface area contributed by atoms with Crippen LogP contribution < -0.4 is 16.6 Å². The second kappa shape index (κ2) is 6.03. The fourth-order valence-corrected chi connectivity index (χ4v) is 1.19. The van der Waals surface area contributed by atoms with Gasteiger partial charge in [-0.05, 0) is 25.0 Å². The summed E-state index contributed by atoms with van der Waals surface area (Å²) >= 11 is 0. The Morgan fingerprint density at radius 3 is 2.73 bits per heavy atom. The minimum Gasteiger partial charge on any atom is -0.325 e. The van der Waals surface area contributed by atoms with Crippen LogP contribution in [0.4, 0.5) is 5.69 Å². The lowest BCUT2D eigenvalue weighted by Gasteiger charge is -2.10. The van der Waals surface area contributed by atoms with E-state index in [-0.39, 0.29) is 0 Å². The van der Waals surface area contributed by atoms with E-state index in [1.54, 1.807) is 0 Å². The third-order valence-electron chi connectivity index (χ3n) is 2.03. The molecule has 82 valence electrons. The Morgan fingerprint density at radius 1 is 1.40 bits per heavy atom. The van der Waals surface area contributed by atoms with E-state index in [9.17, 15) is 0 Å². The molecule has 0 saturated heterocycles. The molecule has 0 heterocycles. The summed E-state index contributed by atoms with van der Waals surface area (Å²) in [7, 11) is 0. The lowest BCUT2D eigenvalue weighted by Crippen LogP contribution is -2.36. The molecular weight excluding hydrogens is 188 g/mol. The highest BCUT2D eigenvalue weighted by molar-refractivity contribution is 5.93. The number of aryl methyl sites for hydroxylation is 1. The SMILES string of the molecule is CCCN=C(NN)Nc1ccccc1C. The Bertz CT molecular complexity index is 333. The number of nitrogens with one attached hydrogen (secondary N) is 2. The van der Waals surface area contributed by atoms with Gasteiger partial charge in [0, 0.05) is 12.2 Å². The standard InChI is InChI=1S/C11H18N4/c1-3-8-13-11(15-12)14-10-7-5-4-6-9(10)2/h4-7H,3,8,12H2,1-2H3,(H2,13,14,15). The molecular formula is C11H18N4. The molecule has 4 nitrogen and oxygen atoms in total. The van der Waals surface area contributed by atoms with Gasteiger partial charge in [0.2, 0.25) is 5.96 Å². The number of hydrogen-bond donors (Lipinski definition) is 3. The van der Waals surface area contributed by atoms with E-state index in [0.29, 0.717) is 5.96 Å². The van der Waals surface area contributed by atoms with Crippen LogP contribution in [0.25, 0.3) is 0 Å². The Balaban J connectivity index is 2.71. The maximum absolute atomic E-state index is 5.37. The number of hydrazine groups is 1. The predicted molar refractivity (Wildman–Crippen MR) is 64.7 cm³/mol. The van der Waals surface area contributed by atoms with Gasteiger partial charge in [-0.25, -0.2) is 5.84 Å². The van der Waals surface area contributed by atoms with Gasteiger partial charge in [0.25, 0.3) is 0 Å². The normalized spacial score (nSPS) is 11.3. The summed E-state index contributed by atoms with van der Waals surface area (Å²) in [6.45, 7) is 4.88. The molecule has 0 bridgehead atoms. The van der Waals surface area contributed by atoms with Crippen LogP contribution in [-0.4, -0.2) is 12.5 Å². The van der Waals surface area contributed by atoms with Gasteiger partial charge in [-0.15, -0.1) is 0 Å². The van der Waals surface area contributed by atoms with Crippen molar-refractivity contribution < 1.29 is 0 Å². The van der Waals surface area contributed by atoms with Crippen molar-refractivity contribution in [3.05, 3.63) is 29.8 Å². The number of para-hydroxylation sites is 1. The summed E-state index contributed by atoms with van der Waals surface area (Å²) in [4.78, 5) is 4.27. The maximum Gasteiger partial charge on any atom is 0.210 e. The molecule has 1 aromatic rings. The number of rotatable bonds is 3. The molecule has 0 aliphatic rings. The summed E-state index contributed by atoms with van der Waals surface area (Å²) in [6.07, 6.45) is 1.00. The molecule has 0 amide bonds. The monoisotopic (exact) mass is 206 g/mol. The highest BCUT2D eigenvalue weighted by Crippen LogP contribution is 2.12. The Labute approximate surface area is 90.6 Å². The van der Waals surface area contributed by atoms with Crippen LogP contribution in [0, 0.1) is 6.92 Å². The van der Waals surface area contributed by atoms with E-state index in [1.165, 1.54) is 0 Å². The van der Waals surface area contributed by atoms with E-state index in [4.69, 9.17) is 5.84 Å². The zero-order valence-electron chi connectivity index (χ0n) is 9.25. The van der Waals surface area contributed by atoms with E-state index in [1.807, 2.05) is 31.2 Å². The quantitative estimate of drug-likeness (QED) is 0.305. The van der Waals surface area contributed by atoms with Crippen molar-refractivity contribution in [2.75, 3.05) is 11.9 Å². The molecule has 0 unspecified atom stereocenters. The second-order valence-corrected chi connectivity index (χ2v) is 3.31. The number of benzene rings is 1. The molecule has 0 aromatic heterocycles. The predicted octanol–water partition coefficient (Wildman–Crippen LogP) is 1.64. The Morgan fingerprint density at radius 2 is 2.13 bits per heavy atom. The van der Waals surface area contributed by atoms with Crippen LogP contribution in [0.15, 0.2) is 29.3 Å². The fourth-order valence-electron chi connectivity index (χ4n) is 1.19. The van der Waals surface area contributed by atoms with Gasteiger partial charge in [-0.3, -0.25) is 10.4 Å². The molecule has 0 aliphatic carbocycles. The summed E-state index contributed by atoms with van der Waals surface area (Å²) in [5.41, 5.74) is 4.73.